The molecule has 0 N–H and O–H groups in total. The molecule has 0 bridgehead atoms. The summed E-state index contributed by atoms with van der Waals surface area (Å²) in [4.78, 5) is 17.3. The highest BCUT2D eigenvalue weighted by atomic mass is 16.3. The fourth-order valence-corrected chi connectivity index (χ4v) is 4.81. The third-order valence-electron chi connectivity index (χ3n) is 7.36. The average molecular weight is 514 g/mol. The van der Waals surface area contributed by atoms with E-state index in [2.05, 4.69) is 68.4 Å². The van der Waals surface area contributed by atoms with Crippen molar-refractivity contribution in [2.24, 2.45) is 16.7 Å². The number of aromatic nitrogens is 1. The quantitative estimate of drug-likeness (QED) is 0.285. The molecule has 0 saturated heterocycles. The van der Waals surface area contributed by atoms with Gasteiger partial charge < -0.3 is 4.42 Å². The van der Waals surface area contributed by atoms with E-state index >= 15 is 0 Å². The number of rotatable bonds is 6. The summed E-state index contributed by atoms with van der Waals surface area (Å²) in [6, 6.07) is 4.08. The van der Waals surface area contributed by atoms with Gasteiger partial charge in [0.05, 0.1) is 0 Å². The summed E-state index contributed by atoms with van der Waals surface area (Å²) in [7, 11) is 0. The summed E-state index contributed by atoms with van der Waals surface area (Å²) in [5.74, 6) is 0.917. The Kier molecular flexibility index (Phi) is 12.6. The summed E-state index contributed by atoms with van der Waals surface area (Å²) in [6.07, 6.45) is 10.4. The van der Waals surface area contributed by atoms with Gasteiger partial charge in [0.15, 0.2) is 11.3 Å². The van der Waals surface area contributed by atoms with Crippen molar-refractivity contribution >= 4 is 16.9 Å². The highest BCUT2D eigenvalue weighted by Crippen LogP contribution is 2.43. The first-order valence-electron chi connectivity index (χ1n) is 15.0. The van der Waals surface area contributed by atoms with Crippen molar-refractivity contribution in [3.8, 4) is 0 Å². The van der Waals surface area contributed by atoms with Crippen molar-refractivity contribution in [3.05, 3.63) is 29.2 Å². The summed E-state index contributed by atoms with van der Waals surface area (Å²) in [5, 5.41) is 0. The van der Waals surface area contributed by atoms with Gasteiger partial charge in [-0.05, 0) is 54.4 Å². The van der Waals surface area contributed by atoms with E-state index < -0.39 is 0 Å². The highest BCUT2D eigenvalue weighted by Gasteiger charge is 2.31. The van der Waals surface area contributed by atoms with Crippen molar-refractivity contribution in [2.75, 3.05) is 0 Å². The Morgan fingerprint density at radius 2 is 1.59 bits per heavy atom. The molecule has 0 unspecified atom stereocenters. The van der Waals surface area contributed by atoms with Gasteiger partial charge in [0, 0.05) is 29.2 Å². The van der Waals surface area contributed by atoms with E-state index in [1.54, 1.807) is 0 Å². The van der Waals surface area contributed by atoms with Gasteiger partial charge in [0.1, 0.15) is 5.52 Å². The maximum absolute atomic E-state index is 12.4. The van der Waals surface area contributed by atoms with Crippen LogP contribution in [0, 0.1) is 16.7 Å². The number of hydrogen-bond acceptors (Lipinski definition) is 3. The number of fused-ring (bicyclic) bond motifs is 1. The van der Waals surface area contributed by atoms with Gasteiger partial charge in [-0.25, -0.2) is 4.98 Å². The lowest BCUT2D eigenvalue weighted by atomic mass is 9.72. The van der Waals surface area contributed by atoms with E-state index in [1.807, 2.05) is 33.8 Å². The topological polar surface area (TPSA) is 43.1 Å². The fourth-order valence-electron chi connectivity index (χ4n) is 4.81. The second-order valence-electron chi connectivity index (χ2n) is 14.1. The van der Waals surface area contributed by atoms with E-state index in [0.717, 1.165) is 16.7 Å². The number of nitrogens with zero attached hydrogens (tertiary/aromatic N) is 1. The zero-order valence-corrected chi connectivity index (χ0v) is 26.7. The second kappa shape index (κ2) is 13.9. The second-order valence-corrected chi connectivity index (χ2v) is 14.1. The normalized spacial score (nSPS) is 16.2. The number of Topliss-reactive ketones (excluding diaryl/α,β-unsaturated/α-hetero) is 1. The Bertz CT molecular complexity index is 956. The molecule has 2 aromatic heterocycles. The van der Waals surface area contributed by atoms with Crippen LogP contribution in [0.5, 0.6) is 0 Å². The lowest BCUT2D eigenvalue weighted by Gasteiger charge is -2.34. The van der Waals surface area contributed by atoms with Gasteiger partial charge >= 0.3 is 0 Å². The Balaban J connectivity index is 0.000000529. The van der Waals surface area contributed by atoms with Crippen molar-refractivity contribution in [1.82, 2.24) is 4.98 Å². The van der Waals surface area contributed by atoms with E-state index in [0.29, 0.717) is 22.5 Å². The van der Waals surface area contributed by atoms with Crippen LogP contribution in [0.4, 0.5) is 0 Å². The first-order valence-corrected chi connectivity index (χ1v) is 15.0. The van der Waals surface area contributed by atoms with Gasteiger partial charge in [-0.2, -0.15) is 0 Å². The molecule has 3 nitrogen and oxygen atoms in total. The van der Waals surface area contributed by atoms with Gasteiger partial charge in [-0.1, -0.05) is 109 Å². The summed E-state index contributed by atoms with van der Waals surface area (Å²) >= 11 is 0. The van der Waals surface area contributed by atoms with Crippen LogP contribution in [0.25, 0.3) is 11.1 Å². The molecule has 1 fully saturated rings. The molecule has 2 heterocycles. The molecule has 3 heteroatoms. The fraction of sp³-hybridized carbons (Fsp3) is 0.765. The predicted octanol–water partition coefficient (Wildman–Crippen LogP) is 11.3. The predicted molar refractivity (Wildman–Crippen MR) is 162 cm³/mol. The number of ketones is 1. The maximum atomic E-state index is 12.4. The van der Waals surface area contributed by atoms with Crippen LogP contribution in [-0.2, 0) is 5.41 Å². The Morgan fingerprint density at radius 1 is 1.03 bits per heavy atom. The number of hydrogen-bond donors (Lipinski definition) is 0. The number of unbranched alkanes of at least 4 members (excludes halogenated alkanes) is 2. The molecule has 1 aliphatic rings. The zero-order chi connectivity index (χ0) is 28.6. The van der Waals surface area contributed by atoms with Crippen LogP contribution in [0.3, 0.4) is 0 Å². The molecule has 0 amide bonds. The molecule has 1 saturated carbocycles. The molecule has 37 heavy (non-hydrogen) atoms. The van der Waals surface area contributed by atoms with Crippen LogP contribution in [0.1, 0.15) is 169 Å². The zero-order valence-electron chi connectivity index (χ0n) is 26.7. The molecule has 0 spiro atoms. The van der Waals surface area contributed by atoms with Crippen molar-refractivity contribution < 1.29 is 9.21 Å². The van der Waals surface area contributed by atoms with Gasteiger partial charge in [-0.3, -0.25) is 4.79 Å². The van der Waals surface area contributed by atoms with Crippen LogP contribution in [0.2, 0.25) is 0 Å². The van der Waals surface area contributed by atoms with Gasteiger partial charge in [0.2, 0.25) is 5.78 Å². The molecule has 0 aliphatic heterocycles. The van der Waals surface area contributed by atoms with Crippen LogP contribution >= 0.6 is 0 Å². The van der Waals surface area contributed by atoms with E-state index in [-0.39, 0.29) is 17.1 Å². The lowest BCUT2D eigenvalue weighted by Crippen LogP contribution is -2.21. The SMILES string of the molecule is CC.CC(C)C(=O)c1cc2nc(C3CCC(C)(C)CC3)cc(C(C)(C)C)c2o1.CCCCCC(C)(C)C. The molecule has 0 atom stereocenters. The van der Waals surface area contributed by atoms with Gasteiger partial charge in [-0.15, -0.1) is 0 Å². The summed E-state index contributed by atoms with van der Waals surface area (Å²) < 4.78 is 6.01. The van der Waals surface area contributed by atoms with Crippen molar-refractivity contribution in [3.63, 3.8) is 0 Å². The Morgan fingerprint density at radius 3 is 2.05 bits per heavy atom. The maximum Gasteiger partial charge on any atom is 0.200 e. The van der Waals surface area contributed by atoms with E-state index in [9.17, 15) is 4.79 Å². The number of carbonyl (C=O) groups excluding carboxylic acids is 1. The smallest absolute Gasteiger partial charge is 0.200 e. The molecule has 212 valence electrons. The molecule has 0 radical (unpaired) electrons. The number of furan rings is 1. The molecular formula is C34H59NO2. The monoisotopic (exact) mass is 513 g/mol. The van der Waals surface area contributed by atoms with Crippen molar-refractivity contribution in [1.29, 1.82) is 0 Å². The Hall–Kier alpha value is -1.64. The summed E-state index contributed by atoms with van der Waals surface area (Å²) in [6.45, 7) is 28.3. The first kappa shape index (κ1) is 33.4. The van der Waals surface area contributed by atoms with Gasteiger partial charge in [0.25, 0.3) is 0 Å². The molecule has 3 rings (SSSR count). The minimum absolute atomic E-state index is 0.0452. The molecule has 2 aromatic rings. The average Bonchev–Trinajstić information content (AvgIpc) is 3.22. The third-order valence-corrected chi connectivity index (χ3v) is 7.36. The minimum Gasteiger partial charge on any atom is -0.451 e. The summed E-state index contributed by atoms with van der Waals surface area (Å²) in [5.41, 5.74) is 4.88. The standard InChI is InChI=1S/C23H33NO2.C9H20.C2H6/c1-14(2)20(25)19-13-18-21(26-19)16(22(3,4)5)12-17(24-18)15-8-10-23(6,7)11-9-15;1-5-6-7-8-9(2,3)4;1-2/h12-15H,8-11H2,1-7H3;5-8H2,1-4H3;1-2H3. The van der Waals surface area contributed by atoms with Crippen LogP contribution in [0.15, 0.2) is 16.5 Å². The highest BCUT2D eigenvalue weighted by molar-refractivity contribution is 5.98. The minimum atomic E-state index is -0.0753. The van der Waals surface area contributed by atoms with Crippen LogP contribution in [-0.4, -0.2) is 10.8 Å². The largest absolute Gasteiger partial charge is 0.451 e. The van der Waals surface area contributed by atoms with Crippen molar-refractivity contribution in [2.45, 2.75) is 153 Å². The first-order chi connectivity index (χ1) is 17.0. The number of carbonyl (C=O) groups is 1. The Labute approximate surface area is 229 Å². The lowest BCUT2D eigenvalue weighted by molar-refractivity contribution is 0.0913. The molecular weight excluding hydrogens is 454 g/mol. The van der Waals surface area contributed by atoms with Crippen LogP contribution < -0.4 is 0 Å². The number of pyridine rings is 1. The molecule has 1 aliphatic carbocycles. The van der Waals surface area contributed by atoms with E-state index in [4.69, 9.17) is 9.40 Å². The molecule has 0 aromatic carbocycles. The third kappa shape index (κ3) is 10.6. The van der Waals surface area contributed by atoms with E-state index in [1.165, 1.54) is 57.1 Å².